The van der Waals surface area contributed by atoms with Gasteiger partial charge in [-0.15, -0.1) is 10.2 Å². The van der Waals surface area contributed by atoms with Crippen LogP contribution in [0, 0.1) is 5.82 Å². The maximum atomic E-state index is 13.2. The number of hydrogen-bond donors (Lipinski definition) is 1. The van der Waals surface area contributed by atoms with Crippen LogP contribution in [-0.4, -0.2) is 21.3 Å². The first kappa shape index (κ1) is 10.4. The largest absolute Gasteiger partial charge is 0.308 e. The Bertz CT molecular complexity index is 549. The minimum Gasteiger partial charge on any atom is -0.308 e. The predicted molar refractivity (Wildman–Crippen MR) is 61.8 cm³/mol. The van der Waals surface area contributed by atoms with E-state index in [1.54, 1.807) is 6.07 Å². The van der Waals surface area contributed by atoms with Crippen molar-refractivity contribution in [1.29, 1.82) is 0 Å². The number of hydrogen-bond acceptors (Lipinski definition) is 3. The molecule has 0 spiro atoms. The van der Waals surface area contributed by atoms with Gasteiger partial charge in [0.15, 0.2) is 5.82 Å². The van der Waals surface area contributed by atoms with E-state index in [0.29, 0.717) is 0 Å². The summed E-state index contributed by atoms with van der Waals surface area (Å²) in [6.07, 6.45) is 0. The van der Waals surface area contributed by atoms with Crippen LogP contribution in [0.15, 0.2) is 24.3 Å². The standard InChI is InChI=1S/C12H13FN4/c1-8-11-15-16-12(17(11)6-5-14-8)9-3-2-4-10(13)7-9/h2-4,7-8,14H,5-6H2,1H3. The molecule has 1 aliphatic rings. The molecule has 1 atom stereocenters. The van der Waals surface area contributed by atoms with Crippen LogP contribution in [0.4, 0.5) is 4.39 Å². The van der Waals surface area contributed by atoms with Crippen LogP contribution < -0.4 is 5.32 Å². The first-order valence-corrected chi connectivity index (χ1v) is 5.68. The summed E-state index contributed by atoms with van der Waals surface area (Å²) in [5.41, 5.74) is 0.776. The highest BCUT2D eigenvalue weighted by molar-refractivity contribution is 5.55. The number of nitrogens with one attached hydrogen (secondary N) is 1. The van der Waals surface area contributed by atoms with Crippen molar-refractivity contribution in [3.8, 4) is 11.4 Å². The molecule has 1 N–H and O–H groups in total. The van der Waals surface area contributed by atoms with Crippen LogP contribution in [0.1, 0.15) is 18.8 Å². The van der Waals surface area contributed by atoms with E-state index in [1.165, 1.54) is 12.1 Å². The molecule has 0 amide bonds. The van der Waals surface area contributed by atoms with Crippen LogP contribution in [-0.2, 0) is 6.54 Å². The SMILES string of the molecule is CC1NCCn2c(-c3cccc(F)c3)nnc21. The van der Waals surface area contributed by atoms with E-state index in [-0.39, 0.29) is 11.9 Å². The zero-order valence-corrected chi connectivity index (χ0v) is 9.52. The summed E-state index contributed by atoms with van der Waals surface area (Å²) < 4.78 is 15.2. The lowest BCUT2D eigenvalue weighted by atomic mass is 10.2. The van der Waals surface area contributed by atoms with E-state index in [9.17, 15) is 4.39 Å². The van der Waals surface area contributed by atoms with Gasteiger partial charge in [0.2, 0.25) is 0 Å². The molecule has 0 saturated carbocycles. The molecule has 5 heteroatoms. The zero-order valence-electron chi connectivity index (χ0n) is 9.52. The Morgan fingerprint density at radius 2 is 2.29 bits per heavy atom. The van der Waals surface area contributed by atoms with Gasteiger partial charge in [-0.25, -0.2) is 4.39 Å². The number of halogens is 1. The third kappa shape index (κ3) is 1.72. The monoisotopic (exact) mass is 232 g/mol. The van der Waals surface area contributed by atoms with E-state index < -0.39 is 0 Å². The third-order valence-electron chi connectivity index (χ3n) is 3.04. The second-order valence-electron chi connectivity index (χ2n) is 4.22. The van der Waals surface area contributed by atoms with Gasteiger partial charge < -0.3 is 9.88 Å². The van der Waals surface area contributed by atoms with Crippen molar-refractivity contribution in [3.63, 3.8) is 0 Å². The average molecular weight is 232 g/mol. The van der Waals surface area contributed by atoms with Crippen molar-refractivity contribution in [2.45, 2.75) is 19.5 Å². The van der Waals surface area contributed by atoms with Crippen molar-refractivity contribution in [3.05, 3.63) is 35.9 Å². The topological polar surface area (TPSA) is 42.7 Å². The molecule has 0 saturated heterocycles. The number of nitrogens with zero attached hydrogens (tertiary/aromatic N) is 3. The molecule has 1 aliphatic heterocycles. The minimum atomic E-state index is -0.248. The first-order valence-electron chi connectivity index (χ1n) is 5.68. The van der Waals surface area contributed by atoms with E-state index in [4.69, 9.17) is 0 Å². The van der Waals surface area contributed by atoms with E-state index >= 15 is 0 Å². The second kappa shape index (κ2) is 3.92. The third-order valence-corrected chi connectivity index (χ3v) is 3.04. The van der Waals surface area contributed by atoms with Gasteiger partial charge in [-0.05, 0) is 19.1 Å². The first-order chi connectivity index (χ1) is 8.25. The van der Waals surface area contributed by atoms with E-state index in [0.717, 1.165) is 30.3 Å². The van der Waals surface area contributed by atoms with E-state index in [1.807, 2.05) is 6.07 Å². The molecule has 1 unspecified atom stereocenters. The van der Waals surface area contributed by atoms with Crippen LogP contribution >= 0.6 is 0 Å². The molecule has 0 bridgehead atoms. The van der Waals surface area contributed by atoms with Crippen molar-refractivity contribution < 1.29 is 4.39 Å². The number of benzene rings is 1. The Labute approximate surface area is 98.5 Å². The van der Waals surface area contributed by atoms with Gasteiger partial charge in [-0.1, -0.05) is 12.1 Å². The molecular formula is C12H13FN4. The number of aromatic nitrogens is 3. The highest BCUT2D eigenvalue weighted by atomic mass is 19.1. The smallest absolute Gasteiger partial charge is 0.164 e. The van der Waals surface area contributed by atoms with Crippen LogP contribution in [0.5, 0.6) is 0 Å². The van der Waals surface area contributed by atoms with Gasteiger partial charge in [0.05, 0.1) is 6.04 Å². The molecule has 0 aliphatic carbocycles. The predicted octanol–water partition coefficient (Wildman–Crippen LogP) is 1.75. The Balaban J connectivity index is 2.10. The zero-order chi connectivity index (χ0) is 11.8. The van der Waals surface area contributed by atoms with Crippen molar-refractivity contribution >= 4 is 0 Å². The van der Waals surface area contributed by atoms with Crippen LogP contribution in [0.2, 0.25) is 0 Å². The quantitative estimate of drug-likeness (QED) is 0.814. The van der Waals surface area contributed by atoms with Gasteiger partial charge in [-0.2, -0.15) is 0 Å². The molecule has 0 fully saturated rings. The summed E-state index contributed by atoms with van der Waals surface area (Å²) in [5.74, 6) is 1.41. The molecule has 88 valence electrons. The van der Waals surface area contributed by atoms with Crippen LogP contribution in [0.25, 0.3) is 11.4 Å². The van der Waals surface area contributed by atoms with Crippen LogP contribution in [0.3, 0.4) is 0 Å². The Morgan fingerprint density at radius 3 is 3.12 bits per heavy atom. The van der Waals surface area contributed by atoms with Crippen molar-refractivity contribution in [2.24, 2.45) is 0 Å². The Morgan fingerprint density at radius 1 is 1.41 bits per heavy atom. The molecule has 2 aromatic rings. The Kier molecular flexibility index (Phi) is 2.40. The lowest BCUT2D eigenvalue weighted by Gasteiger charge is -2.21. The van der Waals surface area contributed by atoms with Gasteiger partial charge in [0, 0.05) is 18.7 Å². The number of fused-ring (bicyclic) bond motifs is 1. The fourth-order valence-electron chi connectivity index (χ4n) is 2.18. The fourth-order valence-corrected chi connectivity index (χ4v) is 2.18. The van der Waals surface area contributed by atoms with Gasteiger partial charge >= 0.3 is 0 Å². The maximum Gasteiger partial charge on any atom is 0.164 e. The molecule has 3 rings (SSSR count). The summed E-state index contributed by atoms with van der Waals surface area (Å²) in [6, 6.07) is 6.66. The highest BCUT2D eigenvalue weighted by Gasteiger charge is 2.21. The lowest BCUT2D eigenvalue weighted by Crippen LogP contribution is -2.32. The molecule has 2 heterocycles. The molecule has 4 nitrogen and oxygen atoms in total. The van der Waals surface area contributed by atoms with E-state index in [2.05, 4.69) is 27.0 Å². The summed E-state index contributed by atoms with van der Waals surface area (Å²) in [5, 5.41) is 11.7. The van der Waals surface area contributed by atoms with Crippen molar-refractivity contribution in [2.75, 3.05) is 6.54 Å². The molecular weight excluding hydrogens is 219 g/mol. The summed E-state index contributed by atoms with van der Waals surface area (Å²) in [6.45, 7) is 3.75. The van der Waals surface area contributed by atoms with Crippen molar-refractivity contribution in [1.82, 2.24) is 20.1 Å². The molecule has 17 heavy (non-hydrogen) atoms. The summed E-state index contributed by atoms with van der Waals surface area (Å²) in [4.78, 5) is 0. The maximum absolute atomic E-state index is 13.2. The van der Waals surface area contributed by atoms with Gasteiger partial charge in [0.1, 0.15) is 11.6 Å². The Hall–Kier alpha value is -1.75. The molecule has 1 aromatic heterocycles. The normalized spacial score (nSPS) is 19.1. The molecule has 0 radical (unpaired) electrons. The van der Waals surface area contributed by atoms with Gasteiger partial charge in [0.25, 0.3) is 0 Å². The van der Waals surface area contributed by atoms with Gasteiger partial charge in [-0.3, -0.25) is 0 Å². The molecule has 1 aromatic carbocycles. The summed E-state index contributed by atoms with van der Waals surface area (Å²) >= 11 is 0. The fraction of sp³-hybridized carbons (Fsp3) is 0.333. The minimum absolute atomic E-state index is 0.193. The summed E-state index contributed by atoms with van der Waals surface area (Å²) in [7, 11) is 0. The highest BCUT2D eigenvalue weighted by Crippen LogP contribution is 2.23. The lowest BCUT2D eigenvalue weighted by molar-refractivity contribution is 0.439. The second-order valence-corrected chi connectivity index (χ2v) is 4.22. The number of rotatable bonds is 1. The average Bonchev–Trinajstić information content (AvgIpc) is 2.74.